The average Bonchev–Trinajstić information content (AvgIpc) is 2.69. The van der Waals surface area contributed by atoms with Gasteiger partial charge in [-0.1, -0.05) is 82.7 Å². The third kappa shape index (κ3) is 8.33. The first-order valence-corrected chi connectivity index (χ1v) is 9.99. The van der Waals surface area contributed by atoms with Crippen molar-refractivity contribution in [3.05, 3.63) is 101 Å². The number of rotatable bonds is 4. The number of nitrogens with zero attached hydrogens (tertiary/aromatic N) is 1. The predicted octanol–water partition coefficient (Wildman–Crippen LogP) is -11.3. The largest absolute Gasteiger partial charge is 5.00 e. The molecule has 0 aliphatic carbocycles. The third-order valence-corrected chi connectivity index (χ3v) is 5.69. The van der Waals surface area contributed by atoms with E-state index in [-0.39, 0.29) is 52.7 Å². The summed E-state index contributed by atoms with van der Waals surface area (Å²) >= 11 is 3.54. The molecule has 4 aromatic carbocycles. The first-order valence-electron chi connectivity index (χ1n) is 9.20. The van der Waals surface area contributed by atoms with Crippen LogP contribution in [-0.2, 0) is 6.54 Å². The van der Waals surface area contributed by atoms with Gasteiger partial charge in [-0.05, 0) is 40.6 Å². The fraction of sp³-hybridized carbons (Fsp3) is 0.120. The topological polar surface area (TPSA) is 0 Å². The third-order valence-electron chi connectivity index (χ3n) is 5.16. The Kier molecular flexibility index (Phi) is 19.1. The molecule has 4 aromatic rings. The Bertz CT molecular complexity index is 1100. The second-order valence-electron chi connectivity index (χ2n) is 7.51. The van der Waals surface area contributed by atoms with Crippen molar-refractivity contribution in [1.82, 2.24) is 4.48 Å². The van der Waals surface area contributed by atoms with Crippen LogP contribution < -0.4 is 32.7 Å². The molecule has 182 valence electrons. The zero-order valence-corrected chi connectivity index (χ0v) is 22.5. The number of hydrogen-bond acceptors (Lipinski definition) is 0. The monoisotopic (exact) mass is 651 g/mol. The molecule has 1 nitrogen and oxygen atoms in total. The normalized spacial score (nSPS) is 9.26. The summed E-state index contributed by atoms with van der Waals surface area (Å²) in [6, 6.07) is 32.6. The summed E-state index contributed by atoms with van der Waals surface area (Å²) in [4.78, 5) is 0. The van der Waals surface area contributed by atoms with Gasteiger partial charge in [-0.3, -0.25) is 4.48 Å². The van der Waals surface area contributed by atoms with Gasteiger partial charge in [-0.15, -0.1) is 0 Å². The summed E-state index contributed by atoms with van der Waals surface area (Å²) in [7, 11) is 4.58. The molecule has 0 saturated heterocycles. The predicted molar refractivity (Wildman–Crippen MR) is 127 cm³/mol. The Morgan fingerprint density at radius 1 is 0.618 bits per heavy atom. The molecule has 4 rings (SSSR count). The second-order valence-corrected chi connectivity index (χ2v) is 8.42. The first kappa shape index (κ1) is 39.2. The minimum Gasteiger partial charge on any atom is -1.00 e. The summed E-state index contributed by atoms with van der Waals surface area (Å²) < 4.78 is 1.90. The molecule has 9 heteroatoms. The van der Waals surface area contributed by atoms with Crippen molar-refractivity contribution < 1.29 is 28.2 Å². The van der Waals surface area contributed by atoms with Crippen LogP contribution in [0.15, 0.2) is 95.5 Å². The molecule has 0 spiro atoms. The first-order chi connectivity index (χ1) is 13.0. The van der Waals surface area contributed by atoms with E-state index in [2.05, 4.69) is 121 Å². The van der Waals surface area contributed by atoms with E-state index < -0.39 is 0 Å². The van der Waals surface area contributed by atoms with Crippen molar-refractivity contribution >= 4 is 56.8 Å². The van der Waals surface area contributed by atoms with Gasteiger partial charge >= 0.3 is 24.4 Å². The smallest absolute Gasteiger partial charge is 1.00 e. The van der Waals surface area contributed by atoms with Crippen LogP contribution in [0.25, 0.3) is 21.9 Å². The number of quaternary nitrogens is 1. The molecule has 0 aliphatic heterocycles. The standard InChI is InChI=1S/C25H23BrN.6FH.Sb/c1-27(2,18-21-10-7-9-19-8-3-4-11-23(19)21)25-13-6-5-12-24(25)20-14-16-22(26)17-15-20;;;;;;;/h3-17H,18H2,1-2H3;6*1H;/q+1;;;;;;;+5/p-6. The van der Waals surface area contributed by atoms with E-state index in [1.165, 1.54) is 33.2 Å². The van der Waals surface area contributed by atoms with Crippen molar-refractivity contribution in [1.29, 1.82) is 0 Å². The number of hydrogen-bond donors (Lipinski definition) is 0. The maximum absolute atomic E-state index is 3.54. The van der Waals surface area contributed by atoms with Crippen molar-refractivity contribution in [2.24, 2.45) is 0 Å². The molecule has 0 unspecified atom stereocenters. The van der Waals surface area contributed by atoms with Crippen LogP contribution in [0.4, 0.5) is 5.69 Å². The van der Waals surface area contributed by atoms with E-state index in [4.69, 9.17) is 0 Å². The fourth-order valence-corrected chi connectivity index (χ4v) is 4.08. The van der Waals surface area contributed by atoms with Crippen LogP contribution in [0.2, 0.25) is 0 Å². The van der Waals surface area contributed by atoms with Gasteiger partial charge in [0.05, 0.1) is 14.1 Å². The Labute approximate surface area is 221 Å². The Morgan fingerprint density at radius 2 is 1.15 bits per heavy atom. The van der Waals surface area contributed by atoms with Gasteiger partial charge in [-0.2, -0.15) is 0 Å². The van der Waals surface area contributed by atoms with Gasteiger partial charge in [0.2, 0.25) is 0 Å². The van der Waals surface area contributed by atoms with Crippen LogP contribution in [0.1, 0.15) is 5.56 Å². The molecular weight excluding hydrogens is 630 g/mol. The number of benzene rings is 4. The van der Waals surface area contributed by atoms with Gasteiger partial charge in [0.1, 0.15) is 12.2 Å². The van der Waals surface area contributed by atoms with Gasteiger partial charge in [0, 0.05) is 15.6 Å². The number of para-hydroxylation sites is 1. The minimum atomic E-state index is 0. The molecule has 0 aliphatic rings. The zero-order valence-electron chi connectivity index (χ0n) is 18.4. The Hall–Kier alpha value is -2.02. The molecule has 0 bridgehead atoms. The van der Waals surface area contributed by atoms with E-state index in [0.717, 1.165) is 15.5 Å². The van der Waals surface area contributed by atoms with Gasteiger partial charge in [0.15, 0.2) is 0 Å². The Balaban J connectivity index is -0.000000643. The molecule has 0 fully saturated rings. The van der Waals surface area contributed by atoms with Crippen molar-refractivity contribution in [2.45, 2.75) is 6.54 Å². The SMILES string of the molecule is C[N+](C)(Cc1cccc2ccccc12)c1ccccc1-c1ccc(Br)cc1.[F-].[F-].[F-].[F-].[F-].[F-].[Sb+5]. The van der Waals surface area contributed by atoms with E-state index >= 15 is 0 Å². The van der Waals surface area contributed by atoms with Crippen molar-refractivity contribution in [3.8, 4) is 11.1 Å². The quantitative estimate of drug-likeness (QED) is 0.117. The molecule has 0 N–H and O–H groups in total. The average molecular weight is 653 g/mol. The van der Waals surface area contributed by atoms with Crippen LogP contribution in [0.5, 0.6) is 0 Å². The summed E-state index contributed by atoms with van der Waals surface area (Å²) in [5.74, 6) is 0. The molecule has 0 aromatic heterocycles. The number of fused-ring (bicyclic) bond motifs is 1. The molecule has 0 heterocycles. The van der Waals surface area contributed by atoms with Crippen LogP contribution in [0.3, 0.4) is 0 Å². The zero-order chi connectivity index (χ0) is 18.9. The second kappa shape index (κ2) is 16.6. The van der Waals surface area contributed by atoms with E-state index in [1.807, 2.05) is 0 Å². The van der Waals surface area contributed by atoms with Gasteiger partial charge < -0.3 is 28.2 Å². The molecule has 0 radical (unpaired) electrons. The molecular formula is C25H23BrF6NSb. The van der Waals surface area contributed by atoms with Crippen LogP contribution >= 0.6 is 15.9 Å². The van der Waals surface area contributed by atoms with Crippen LogP contribution in [0, 0.1) is 0 Å². The molecule has 0 amide bonds. The van der Waals surface area contributed by atoms with Crippen LogP contribution in [-0.4, -0.2) is 38.5 Å². The summed E-state index contributed by atoms with van der Waals surface area (Å²) in [6.07, 6.45) is 0. The molecule has 34 heavy (non-hydrogen) atoms. The van der Waals surface area contributed by atoms with E-state index in [1.54, 1.807) is 0 Å². The number of halogens is 7. The Morgan fingerprint density at radius 3 is 1.79 bits per heavy atom. The maximum Gasteiger partial charge on any atom is 5.00 e. The van der Waals surface area contributed by atoms with Gasteiger partial charge in [-0.25, -0.2) is 0 Å². The minimum absolute atomic E-state index is 0. The van der Waals surface area contributed by atoms with Crippen molar-refractivity contribution in [2.75, 3.05) is 14.1 Å². The fourth-order valence-electron chi connectivity index (χ4n) is 3.82. The van der Waals surface area contributed by atoms with E-state index in [9.17, 15) is 0 Å². The maximum atomic E-state index is 3.54. The van der Waals surface area contributed by atoms with Crippen molar-refractivity contribution in [3.63, 3.8) is 0 Å². The summed E-state index contributed by atoms with van der Waals surface area (Å²) in [5.41, 5.74) is 5.24. The van der Waals surface area contributed by atoms with Gasteiger partial charge in [0.25, 0.3) is 0 Å². The molecule has 0 atom stereocenters. The summed E-state index contributed by atoms with van der Waals surface area (Å²) in [6.45, 7) is 0.939. The summed E-state index contributed by atoms with van der Waals surface area (Å²) in [5, 5.41) is 2.64. The molecule has 0 saturated carbocycles. The van der Waals surface area contributed by atoms with E-state index in [0.29, 0.717) is 0 Å².